The molecule has 138 valence electrons. The summed E-state index contributed by atoms with van der Waals surface area (Å²) in [6.45, 7) is 6.90. The second-order valence-electron chi connectivity index (χ2n) is 6.95. The molecule has 0 bridgehead atoms. The van der Waals surface area contributed by atoms with Gasteiger partial charge in [-0.2, -0.15) is 0 Å². The van der Waals surface area contributed by atoms with E-state index in [1.54, 1.807) is 18.2 Å². The highest BCUT2D eigenvalue weighted by molar-refractivity contribution is 6.42. The third kappa shape index (κ3) is 4.47. The quantitative estimate of drug-likeness (QED) is 0.861. The number of amides is 1. The number of hydrogen-bond donors (Lipinski definition) is 1. The lowest BCUT2D eigenvalue weighted by atomic mass is 9.90. The summed E-state index contributed by atoms with van der Waals surface area (Å²) in [5.74, 6) is -0.0605. The van der Waals surface area contributed by atoms with Crippen LogP contribution in [0.5, 0.6) is 0 Å². The van der Waals surface area contributed by atoms with Crippen LogP contribution in [-0.2, 0) is 14.3 Å². The van der Waals surface area contributed by atoms with E-state index in [4.69, 9.17) is 32.7 Å². The highest BCUT2D eigenvalue weighted by Crippen LogP contribution is 2.32. The minimum atomic E-state index is -0.263. The number of ether oxygens (including phenoxy) is 2. The van der Waals surface area contributed by atoms with E-state index in [0.717, 1.165) is 25.9 Å². The van der Waals surface area contributed by atoms with Gasteiger partial charge in [0.05, 0.1) is 27.8 Å². The van der Waals surface area contributed by atoms with E-state index < -0.39 is 0 Å². The molecule has 2 heterocycles. The lowest BCUT2D eigenvalue weighted by Crippen LogP contribution is -2.60. The Hall–Kier alpha value is -0.850. The number of halogens is 2. The molecule has 3 rings (SSSR count). The molecule has 2 fully saturated rings. The maximum Gasteiger partial charge on any atom is 0.241 e. The van der Waals surface area contributed by atoms with Crippen LogP contribution in [0.15, 0.2) is 18.2 Å². The van der Waals surface area contributed by atoms with Gasteiger partial charge in [-0.3, -0.25) is 9.69 Å². The Morgan fingerprint density at radius 1 is 1.32 bits per heavy atom. The molecule has 25 heavy (non-hydrogen) atoms. The van der Waals surface area contributed by atoms with Crippen LogP contribution < -0.4 is 5.32 Å². The fraction of sp³-hybridized carbons (Fsp3) is 0.611. The molecule has 1 amide bonds. The fourth-order valence-corrected chi connectivity index (χ4v) is 3.87. The van der Waals surface area contributed by atoms with Crippen LogP contribution in [0.3, 0.4) is 0 Å². The van der Waals surface area contributed by atoms with Crippen LogP contribution in [0.1, 0.15) is 26.7 Å². The zero-order valence-electron chi connectivity index (χ0n) is 14.6. The average molecular weight is 387 g/mol. The fourth-order valence-electron chi connectivity index (χ4n) is 3.57. The number of hydrogen-bond acceptors (Lipinski definition) is 4. The maximum absolute atomic E-state index is 12.7. The van der Waals surface area contributed by atoms with Crippen molar-refractivity contribution in [3.8, 4) is 0 Å². The van der Waals surface area contributed by atoms with E-state index in [9.17, 15) is 4.79 Å². The number of nitrogens with zero attached hydrogens (tertiary/aromatic N) is 1. The Labute approximate surface area is 158 Å². The summed E-state index contributed by atoms with van der Waals surface area (Å²) in [7, 11) is 0. The summed E-state index contributed by atoms with van der Waals surface area (Å²) in [5, 5.41) is 3.82. The summed E-state index contributed by atoms with van der Waals surface area (Å²) in [4.78, 5) is 14.9. The standard InChI is InChI=1S/C18H24Cl2N2O3/c1-12-10-22(11-18(25-12)5-7-24-8-6-18)13(2)17(23)21-14-3-4-15(19)16(20)9-14/h3-4,9,12-13H,5-8,10-11H2,1-2H3,(H,21,23). The van der Waals surface area contributed by atoms with Gasteiger partial charge >= 0.3 is 0 Å². The topological polar surface area (TPSA) is 50.8 Å². The van der Waals surface area contributed by atoms with Crippen LogP contribution in [0.25, 0.3) is 0 Å². The summed E-state index contributed by atoms with van der Waals surface area (Å²) >= 11 is 11.9. The van der Waals surface area contributed by atoms with Crippen molar-refractivity contribution in [2.45, 2.75) is 44.4 Å². The van der Waals surface area contributed by atoms with Gasteiger partial charge in [0.15, 0.2) is 0 Å². The summed E-state index contributed by atoms with van der Waals surface area (Å²) in [6, 6.07) is 4.83. The minimum Gasteiger partial charge on any atom is -0.381 e. The zero-order valence-corrected chi connectivity index (χ0v) is 16.1. The van der Waals surface area contributed by atoms with Crippen LogP contribution in [0.4, 0.5) is 5.69 Å². The number of carbonyl (C=O) groups is 1. The number of morpholine rings is 1. The Morgan fingerprint density at radius 3 is 2.72 bits per heavy atom. The molecule has 2 saturated heterocycles. The van der Waals surface area contributed by atoms with Crippen molar-refractivity contribution in [1.29, 1.82) is 0 Å². The van der Waals surface area contributed by atoms with Crippen molar-refractivity contribution >= 4 is 34.8 Å². The monoisotopic (exact) mass is 386 g/mol. The van der Waals surface area contributed by atoms with Crippen LogP contribution >= 0.6 is 23.2 Å². The molecule has 1 aromatic rings. The molecule has 2 unspecified atom stereocenters. The van der Waals surface area contributed by atoms with Gasteiger partial charge < -0.3 is 14.8 Å². The molecule has 5 nitrogen and oxygen atoms in total. The number of nitrogens with one attached hydrogen (secondary N) is 1. The van der Waals surface area contributed by atoms with Crippen molar-refractivity contribution in [1.82, 2.24) is 4.90 Å². The predicted octanol–water partition coefficient (Wildman–Crippen LogP) is 3.59. The Kier molecular flexibility index (Phi) is 5.91. The van der Waals surface area contributed by atoms with Gasteiger partial charge in [0, 0.05) is 44.8 Å². The molecule has 1 spiro atoms. The third-order valence-electron chi connectivity index (χ3n) is 4.95. The smallest absolute Gasteiger partial charge is 0.241 e. The summed E-state index contributed by atoms with van der Waals surface area (Å²) in [5.41, 5.74) is 0.446. The van der Waals surface area contributed by atoms with Crippen molar-refractivity contribution < 1.29 is 14.3 Å². The third-order valence-corrected chi connectivity index (χ3v) is 5.69. The summed E-state index contributed by atoms with van der Waals surface area (Å²) < 4.78 is 11.7. The molecule has 0 aromatic heterocycles. The van der Waals surface area contributed by atoms with Gasteiger partial charge in [0.2, 0.25) is 5.91 Å². The second-order valence-corrected chi connectivity index (χ2v) is 7.76. The molecule has 0 radical (unpaired) electrons. The number of rotatable bonds is 3. The van der Waals surface area contributed by atoms with E-state index in [2.05, 4.69) is 17.1 Å². The highest BCUT2D eigenvalue weighted by atomic mass is 35.5. The van der Waals surface area contributed by atoms with Gasteiger partial charge in [0.1, 0.15) is 0 Å². The normalized spacial score (nSPS) is 24.9. The first kappa shape index (κ1) is 18.9. The van der Waals surface area contributed by atoms with Crippen molar-refractivity contribution in [3.05, 3.63) is 28.2 Å². The molecule has 2 aliphatic heterocycles. The zero-order chi connectivity index (χ0) is 18.0. The van der Waals surface area contributed by atoms with Crippen molar-refractivity contribution in [2.75, 3.05) is 31.6 Å². The lowest BCUT2D eigenvalue weighted by molar-refractivity contribution is -0.189. The first-order valence-corrected chi connectivity index (χ1v) is 9.40. The Bertz CT molecular complexity index is 635. The molecular weight excluding hydrogens is 363 g/mol. The van der Waals surface area contributed by atoms with Gasteiger partial charge in [-0.05, 0) is 32.0 Å². The average Bonchev–Trinajstić information content (AvgIpc) is 2.57. The summed E-state index contributed by atoms with van der Waals surface area (Å²) in [6.07, 6.45) is 1.83. The minimum absolute atomic E-state index is 0.0605. The van der Waals surface area contributed by atoms with Crippen molar-refractivity contribution in [3.63, 3.8) is 0 Å². The van der Waals surface area contributed by atoms with E-state index in [1.807, 2.05) is 6.92 Å². The van der Waals surface area contributed by atoms with E-state index >= 15 is 0 Å². The second kappa shape index (κ2) is 7.80. The Balaban J connectivity index is 1.67. The van der Waals surface area contributed by atoms with Crippen LogP contribution in [-0.4, -0.2) is 54.9 Å². The maximum atomic E-state index is 12.7. The molecule has 0 aliphatic carbocycles. The number of anilines is 1. The molecule has 1 N–H and O–H groups in total. The van der Waals surface area contributed by atoms with Crippen LogP contribution in [0, 0.1) is 0 Å². The van der Waals surface area contributed by atoms with E-state index in [1.165, 1.54) is 0 Å². The number of benzene rings is 1. The molecule has 2 aliphatic rings. The van der Waals surface area contributed by atoms with Gasteiger partial charge in [-0.25, -0.2) is 0 Å². The molecule has 1 aromatic carbocycles. The molecular formula is C18H24Cl2N2O3. The molecule has 7 heteroatoms. The predicted molar refractivity (Wildman–Crippen MR) is 99.5 cm³/mol. The van der Waals surface area contributed by atoms with Crippen LogP contribution in [0.2, 0.25) is 10.0 Å². The largest absolute Gasteiger partial charge is 0.381 e. The number of carbonyl (C=O) groups excluding carboxylic acids is 1. The highest BCUT2D eigenvalue weighted by Gasteiger charge is 2.42. The van der Waals surface area contributed by atoms with E-state index in [-0.39, 0.29) is 23.7 Å². The first-order chi connectivity index (χ1) is 11.9. The van der Waals surface area contributed by atoms with Gasteiger partial charge in [0.25, 0.3) is 0 Å². The first-order valence-electron chi connectivity index (χ1n) is 8.64. The Morgan fingerprint density at radius 2 is 2.04 bits per heavy atom. The molecule has 2 atom stereocenters. The lowest BCUT2D eigenvalue weighted by Gasteiger charge is -2.48. The van der Waals surface area contributed by atoms with Gasteiger partial charge in [-0.1, -0.05) is 23.2 Å². The van der Waals surface area contributed by atoms with E-state index in [0.29, 0.717) is 28.9 Å². The van der Waals surface area contributed by atoms with Crippen molar-refractivity contribution in [2.24, 2.45) is 0 Å². The molecule has 0 saturated carbocycles. The SMILES string of the molecule is CC1CN(C(C)C(=O)Nc2ccc(Cl)c(Cl)c2)CC2(CCOCC2)O1. The van der Waals surface area contributed by atoms with Gasteiger partial charge in [-0.15, -0.1) is 0 Å².